The summed E-state index contributed by atoms with van der Waals surface area (Å²) in [6.45, 7) is 6.03. The van der Waals surface area contributed by atoms with Gasteiger partial charge in [0, 0.05) is 23.7 Å². The van der Waals surface area contributed by atoms with E-state index in [2.05, 4.69) is 22.5 Å². The Hall–Kier alpha value is -3.18. The van der Waals surface area contributed by atoms with Crippen LogP contribution in [0.3, 0.4) is 0 Å². The number of nitrogens with zero attached hydrogens (tertiary/aromatic N) is 2. The van der Waals surface area contributed by atoms with E-state index in [0.717, 1.165) is 48.1 Å². The minimum Gasteiger partial charge on any atom is -0.497 e. The highest BCUT2D eigenvalue weighted by Crippen LogP contribution is 2.43. The molecule has 3 fully saturated rings. The fourth-order valence-electron chi connectivity index (χ4n) is 5.32. The van der Waals surface area contributed by atoms with Crippen molar-refractivity contribution < 1.29 is 14.3 Å². The summed E-state index contributed by atoms with van der Waals surface area (Å²) >= 11 is 0. The van der Waals surface area contributed by atoms with Gasteiger partial charge in [-0.2, -0.15) is 0 Å². The average molecular weight is 429 g/mol. The summed E-state index contributed by atoms with van der Waals surface area (Å²) in [5, 5.41) is 0.959. The standard InChI is InChI=1S/C27H28N2O3/c1-3-18-17-29-14-12-20(18)15-25(29)26(32-27(30)19-7-5-4-6-8-19)22-11-13-28-24-10-9-21(31-2)16-23(22)24/h3-11,13,16,18,20,25-26H,1,12,14-15,17H2,2H3/t18?,20?,25-,26?/m0/s1. The van der Waals surface area contributed by atoms with E-state index < -0.39 is 6.10 Å². The van der Waals surface area contributed by atoms with E-state index in [1.165, 1.54) is 0 Å². The van der Waals surface area contributed by atoms with Gasteiger partial charge in [0.25, 0.3) is 0 Å². The molecular weight excluding hydrogens is 400 g/mol. The molecule has 0 spiro atoms. The number of hydrogen-bond acceptors (Lipinski definition) is 5. The summed E-state index contributed by atoms with van der Waals surface area (Å²) in [5.74, 6) is 1.53. The maximum Gasteiger partial charge on any atom is 0.338 e. The van der Waals surface area contributed by atoms with Gasteiger partial charge in [0.2, 0.25) is 0 Å². The molecule has 0 N–H and O–H groups in total. The molecule has 3 aliphatic rings. The summed E-state index contributed by atoms with van der Waals surface area (Å²) in [6, 6.07) is 17.2. The molecule has 32 heavy (non-hydrogen) atoms. The van der Waals surface area contributed by atoms with Crippen LogP contribution in [0.5, 0.6) is 5.75 Å². The van der Waals surface area contributed by atoms with Crippen molar-refractivity contribution >= 4 is 16.9 Å². The minimum atomic E-state index is -0.395. The molecular formula is C27H28N2O3. The van der Waals surface area contributed by atoms with Crippen molar-refractivity contribution in [2.24, 2.45) is 11.8 Å². The number of carbonyl (C=O) groups is 1. The Morgan fingerprint density at radius 3 is 2.78 bits per heavy atom. The maximum atomic E-state index is 13.2. The number of esters is 1. The lowest BCUT2D eigenvalue weighted by Gasteiger charge is -2.51. The molecule has 1 aromatic heterocycles. The topological polar surface area (TPSA) is 51.7 Å². The van der Waals surface area contributed by atoms with E-state index in [9.17, 15) is 4.79 Å². The Morgan fingerprint density at radius 2 is 2.06 bits per heavy atom. The van der Waals surface area contributed by atoms with Crippen LogP contribution in [0.2, 0.25) is 0 Å². The number of hydrogen-bond donors (Lipinski definition) is 0. The molecule has 0 radical (unpaired) electrons. The number of rotatable bonds is 6. The zero-order chi connectivity index (χ0) is 22.1. The van der Waals surface area contributed by atoms with Gasteiger partial charge in [0.15, 0.2) is 0 Å². The van der Waals surface area contributed by atoms with Gasteiger partial charge in [-0.15, -0.1) is 6.58 Å². The number of benzene rings is 2. The van der Waals surface area contributed by atoms with Crippen LogP contribution in [-0.2, 0) is 4.74 Å². The van der Waals surface area contributed by atoms with Gasteiger partial charge in [-0.25, -0.2) is 4.79 Å². The number of methoxy groups -OCH3 is 1. The first-order valence-corrected chi connectivity index (χ1v) is 11.2. The predicted molar refractivity (Wildman–Crippen MR) is 125 cm³/mol. The first-order valence-electron chi connectivity index (χ1n) is 11.2. The lowest BCUT2D eigenvalue weighted by Crippen LogP contribution is -2.55. The average Bonchev–Trinajstić information content (AvgIpc) is 2.87. The van der Waals surface area contributed by atoms with Crippen LogP contribution >= 0.6 is 0 Å². The molecule has 5 nitrogen and oxygen atoms in total. The molecule has 2 aromatic carbocycles. The maximum absolute atomic E-state index is 13.2. The van der Waals surface area contributed by atoms with Crippen LogP contribution < -0.4 is 4.74 Å². The number of fused-ring (bicyclic) bond motifs is 4. The Balaban J connectivity index is 1.57. The normalized spacial score (nSPS) is 25.3. The Kier molecular flexibility index (Phi) is 5.66. The monoisotopic (exact) mass is 428 g/mol. The smallest absolute Gasteiger partial charge is 0.338 e. The molecule has 5 atom stereocenters. The van der Waals surface area contributed by atoms with Crippen LogP contribution in [-0.4, -0.2) is 42.1 Å². The van der Waals surface area contributed by atoms with Crippen molar-refractivity contribution in [2.75, 3.05) is 20.2 Å². The Labute approximate surface area is 188 Å². The molecule has 4 heterocycles. The van der Waals surface area contributed by atoms with Crippen molar-refractivity contribution in [3.8, 4) is 5.75 Å². The fourth-order valence-corrected chi connectivity index (χ4v) is 5.32. The SMILES string of the molecule is C=CC1CN2CCC1C[C@H]2C(OC(=O)c1ccccc1)c1ccnc2ccc(OC)cc12. The Bertz CT molecular complexity index is 1130. The molecule has 0 amide bonds. The third-order valence-corrected chi connectivity index (χ3v) is 7.04. The molecule has 0 saturated carbocycles. The van der Waals surface area contributed by atoms with E-state index in [1.807, 2.05) is 42.5 Å². The molecule has 3 aliphatic heterocycles. The lowest BCUT2D eigenvalue weighted by atomic mass is 9.73. The number of aromatic nitrogens is 1. The fraction of sp³-hybridized carbons (Fsp3) is 0.333. The lowest BCUT2D eigenvalue weighted by molar-refractivity contribution is -0.0568. The largest absolute Gasteiger partial charge is 0.497 e. The zero-order valence-electron chi connectivity index (χ0n) is 18.3. The van der Waals surface area contributed by atoms with E-state index in [0.29, 0.717) is 17.4 Å². The molecule has 4 unspecified atom stereocenters. The number of carbonyl (C=O) groups excluding carboxylic acids is 1. The predicted octanol–water partition coefficient (Wildman–Crippen LogP) is 5.04. The van der Waals surface area contributed by atoms with E-state index in [1.54, 1.807) is 25.4 Å². The molecule has 5 heteroatoms. The van der Waals surface area contributed by atoms with Crippen molar-refractivity contribution in [3.05, 3.63) is 84.6 Å². The molecule has 0 aliphatic carbocycles. The van der Waals surface area contributed by atoms with Crippen LogP contribution in [0.25, 0.3) is 10.9 Å². The number of ether oxygens (including phenoxy) is 2. The zero-order valence-corrected chi connectivity index (χ0v) is 18.3. The molecule has 2 bridgehead atoms. The van der Waals surface area contributed by atoms with Crippen LogP contribution in [0.15, 0.2) is 73.4 Å². The van der Waals surface area contributed by atoms with Crippen molar-refractivity contribution in [1.29, 1.82) is 0 Å². The minimum absolute atomic E-state index is 0.120. The van der Waals surface area contributed by atoms with Gasteiger partial charge < -0.3 is 9.47 Å². The highest BCUT2D eigenvalue weighted by Gasteiger charge is 2.44. The summed E-state index contributed by atoms with van der Waals surface area (Å²) in [5.41, 5.74) is 2.41. The van der Waals surface area contributed by atoms with Gasteiger partial charge in [-0.05, 0) is 67.6 Å². The highest BCUT2D eigenvalue weighted by molar-refractivity contribution is 5.90. The first-order chi connectivity index (χ1) is 15.7. The van der Waals surface area contributed by atoms with E-state index in [4.69, 9.17) is 9.47 Å². The van der Waals surface area contributed by atoms with Gasteiger partial charge in [0.05, 0.1) is 24.2 Å². The van der Waals surface area contributed by atoms with Crippen LogP contribution in [0.4, 0.5) is 0 Å². The van der Waals surface area contributed by atoms with Crippen LogP contribution in [0.1, 0.15) is 34.9 Å². The summed E-state index contributed by atoms with van der Waals surface area (Å²) in [4.78, 5) is 20.2. The quantitative estimate of drug-likeness (QED) is 0.407. The molecule has 3 saturated heterocycles. The first kappa shape index (κ1) is 20.7. The van der Waals surface area contributed by atoms with Gasteiger partial charge in [-0.3, -0.25) is 9.88 Å². The third-order valence-electron chi connectivity index (χ3n) is 7.04. The van der Waals surface area contributed by atoms with Gasteiger partial charge >= 0.3 is 5.97 Å². The van der Waals surface area contributed by atoms with Crippen LogP contribution in [0, 0.1) is 11.8 Å². The summed E-state index contributed by atoms with van der Waals surface area (Å²) in [7, 11) is 1.66. The van der Waals surface area contributed by atoms with Crippen molar-refractivity contribution in [3.63, 3.8) is 0 Å². The summed E-state index contributed by atoms with van der Waals surface area (Å²) in [6.07, 6.45) is 5.64. The van der Waals surface area contributed by atoms with Gasteiger partial charge in [-0.1, -0.05) is 24.3 Å². The molecule has 3 aromatic rings. The highest BCUT2D eigenvalue weighted by atomic mass is 16.5. The number of pyridine rings is 1. The van der Waals surface area contributed by atoms with Gasteiger partial charge in [0.1, 0.15) is 11.9 Å². The number of piperidine rings is 3. The molecule has 6 rings (SSSR count). The Morgan fingerprint density at radius 1 is 1.22 bits per heavy atom. The molecule has 164 valence electrons. The third kappa shape index (κ3) is 3.78. The second kappa shape index (κ2) is 8.75. The second-order valence-corrected chi connectivity index (χ2v) is 8.72. The van der Waals surface area contributed by atoms with E-state index in [-0.39, 0.29) is 12.0 Å². The summed E-state index contributed by atoms with van der Waals surface area (Å²) < 4.78 is 11.8. The van der Waals surface area contributed by atoms with E-state index >= 15 is 0 Å². The second-order valence-electron chi connectivity index (χ2n) is 8.72. The van der Waals surface area contributed by atoms with Crippen molar-refractivity contribution in [2.45, 2.75) is 25.0 Å². The van der Waals surface area contributed by atoms with Crippen molar-refractivity contribution in [1.82, 2.24) is 9.88 Å².